The van der Waals surface area contributed by atoms with Crippen LogP contribution < -0.4 is 5.56 Å². The Labute approximate surface area is 145 Å². The van der Waals surface area contributed by atoms with Gasteiger partial charge in [0, 0.05) is 16.8 Å². The number of halogens is 2. The van der Waals surface area contributed by atoms with E-state index < -0.39 is 0 Å². The minimum atomic E-state index is -0.000360. The molecule has 0 radical (unpaired) electrons. The Morgan fingerprint density at radius 3 is 2.57 bits per heavy atom. The van der Waals surface area contributed by atoms with Gasteiger partial charge in [-0.15, -0.1) is 0 Å². The molecule has 0 aliphatic heterocycles. The fourth-order valence-corrected chi connectivity index (χ4v) is 3.83. The number of hydrogen-bond acceptors (Lipinski definition) is 2. The molecule has 21 heavy (non-hydrogen) atoms. The lowest BCUT2D eigenvalue weighted by Gasteiger charge is -2.12. The molecule has 0 bridgehead atoms. The summed E-state index contributed by atoms with van der Waals surface area (Å²) in [5.41, 5.74) is 2.16. The third kappa shape index (κ3) is 3.56. The van der Waals surface area contributed by atoms with Crippen LogP contribution in [0.2, 0.25) is 0 Å². The van der Waals surface area contributed by atoms with Gasteiger partial charge in [-0.25, -0.2) is 4.98 Å². The Morgan fingerprint density at radius 2 is 1.90 bits per heavy atom. The van der Waals surface area contributed by atoms with Crippen molar-refractivity contribution in [1.82, 2.24) is 9.97 Å². The second-order valence-electron chi connectivity index (χ2n) is 5.50. The highest BCUT2D eigenvalue weighted by Gasteiger charge is 2.22. The highest BCUT2D eigenvalue weighted by atomic mass is 127. The van der Waals surface area contributed by atoms with Gasteiger partial charge in [0.15, 0.2) is 0 Å². The minimum absolute atomic E-state index is 0.000360. The van der Waals surface area contributed by atoms with Crippen LogP contribution in [-0.4, -0.2) is 9.97 Å². The molecular formula is C16H16BrIN2O. The van der Waals surface area contributed by atoms with E-state index in [-0.39, 0.29) is 5.56 Å². The van der Waals surface area contributed by atoms with Gasteiger partial charge >= 0.3 is 0 Å². The van der Waals surface area contributed by atoms with Gasteiger partial charge in [0.1, 0.15) is 5.82 Å². The number of benzene rings is 1. The van der Waals surface area contributed by atoms with Crippen LogP contribution in [0.3, 0.4) is 0 Å². The molecule has 0 saturated heterocycles. The van der Waals surface area contributed by atoms with Gasteiger partial charge in [-0.2, -0.15) is 0 Å². The molecule has 1 aromatic heterocycles. The first-order chi connectivity index (χ1) is 10.1. The quantitative estimate of drug-likeness (QED) is 0.693. The van der Waals surface area contributed by atoms with Gasteiger partial charge in [0.05, 0.1) is 9.26 Å². The van der Waals surface area contributed by atoms with Gasteiger partial charge in [-0.05, 0) is 53.1 Å². The average Bonchev–Trinajstić information content (AvgIpc) is 2.99. The summed E-state index contributed by atoms with van der Waals surface area (Å²) in [4.78, 5) is 19.8. The molecule has 0 amide bonds. The van der Waals surface area contributed by atoms with E-state index in [0.29, 0.717) is 12.3 Å². The van der Waals surface area contributed by atoms with Crippen molar-refractivity contribution in [3.63, 3.8) is 0 Å². The molecule has 0 atom stereocenters. The summed E-state index contributed by atoms with van der Waals surface area (Å²) in [5.74, 6) is 1.23. The number of nitrogens with one attached hydrogen (secondary N) is 1. The SMILES string of the molecule is O=c1[nH]c(Cc2ccc(Br)cc2)nc(C2CCCC2)c1I. The molecule has 0 unspecified atom stereocenters. The lowest BCUT2D eigenvalue weighted by molar-refractivity contribution is 0.677. The molecule has 1 saturated carbocycles. The second kappa shape index (κ2) is 6.60. The van der Waals surface area contributed by atoms with Crippen LogP contribution in [0.25, 0.3) is 0 Å². The summed E-state index contributed by atoms with van der Waals surface area (Å²) in [6.45, 7) is 0. The van der Waals surface area contributed by atoms with Crippen LogP contribution in [0, 0.1) is 3.57 Å². The topological polar surface area (TPSA) is 45.8 Å². The van der Waals surface area contributed by atoms with Gasteiger partial charge in [-0.3, -0.25) is 4.79 Å². The van der Waals surface area contributed by atoms with E-state index in [9.17, 15) is 4.79 Å². The van der Waals surface area contributed by atoms with E-state index in [1.54, 1.807) is 0 Å². The number of hydrogen-bond donors (Lipinski definition) is 1. The van der Waals surface area contributed by atoms with Crippen molar-refractivity contribution in [2.75, 3.05) is 0 Å². The zero-order chi connectivity index (χ0) is 14.8. The Balaban J connectivity index is 1.92. The number of rotatable bonds is 3. The molecular weight excluding hydrogens is 443 g/mol. The number of aromatic amines is 1. The number of aromatic nitrogens is 2. The van der Waals surface area contributed by atoms with Crippen molar-refractivity contribution >= 4 is 38.5 Å². The van der Waals surface area contributed by atoms with Crippen molar-refractivity contribution in [2.45, 2.75) is 38.0 Å². The minimum Gasteiger partial charge on any atom is -0.309 e. The molecule has 2 aromatic rings. The monoisotopic (exact) mass is 458 g/mol. The summed E-state index contributed by atoms with van der Waals surface area (Å²) in [5, 5.41) is 0. The van der Waals surface area contributed by atoms with Crippen LogP contribution in [0.5, 0.6) is 0 Å². The van der Waals surface area contributed by atoms with Gasteiger partial charge in [0.2, 0.25) is 0 Å². The first-order valence-electron chi connectivity index (χ1n) is 7.16. The maximum absolute atomic E-state index is 12.2. The molecule has 1 aliphatic rings. The van der Waals surface area contributed by atoms with E-state index in [0.717, 1.165) is 38.0 Å². The van der Waals surface area contributed by atoms with E-state index in [1.807, 2.05) is 12.1 Å². The largest absolute Gasteiger partial charge is 0.309 e. The Bertz CT molecular complexity index is 690. The average molecular weight is 459 g/mol. The fraction of sp³-hybridized carbons (Fsp3) is 0.375. The van der Waals surface area contributed by atoms with E-state index in [1.165, 1.54) is 12.8 Å². The van der Waals surface area contributed by atoms with E-state index in [4.69, 9.17) is 4.98 Å². The summed E-state index contributed by atoms with van der Waals surface area (Å²) < 4.78 is 1.82. The predicted molar refractivity (Wildman–Crippen MR) is 95.7 cm³/mol. The van der Waals surface area contributed by atoms with Gasteiger partial charge < -0.3 is 4.98 Å². The first kappa shape index (κ1) is 15.2. The summed E-state index contributed by atoms with van der Waals surface area (Å²) in [7, 11) is 0. The maximum atomic E-state index is 12.2. The van der Waals surface area contributed by atoms with Crippen molar-refractivity contribution in [3.05, 3.63) is 59.7 Å². The van der Waals surface area contributed by atoms with Crippen molar-refractivity contribution in [3.8, 4) is 0 Å². The van der Waals surface area contributed by atoms with Gasteiger partial charge in [-0.1, -0.05) is 40.9 Å². The zero-order valence-electron chi connectivity index (χ0n) is 11.5. The van der Waals surface area contributed by atoms with Crippen LogP contribution in [0.1, 0.15) is 48.7 Å². The van der Waals surface area contributed by atoms with Crippen LogP contribution >= 0.6 is 38.5 Å². The summed E-state index contributed by atoms with van der Waals surface area (Å²) >= 11 is 5.57. The molecule has 0 spiro atoms. The van der Waals surface area contributed by atoms with Crippen molar-refractivity contribution in [2.24, 2.45) is 0 Å². The number of H-pyrrole nitrogens is 1. The van der Waals surface area contributed by atoms with E-state index in [2.05, 4.69) is 55.6 Å². The molecule has 1 aromatic carbocycles. The third-order valence-corrected chi connectivity index (χ3v) is 5.54. The van der Waals surface area contributed by atoms with Crippen LogP contribution in [0.15, 0.2) is 33.5 Å². The normalized spacial score (nSPS) is 15.5. The highest BCUT2D eigenvalue weighted by Crippen LogP contribution is 2.34. The molecule has 1 aliphatic carbocycles. The van der Waals surface area contributed by atoms with Crippen LogP contribution in [0.4, 0.5) is 0 Å². The standard InChI is InChI=1S/C16H16BrIN2O/c17-12-7-5-10(6-8-12)9-13-19-15(11-3-1-2-4-11)14(18)16(21)20-13/h5-8,11H,1-4,9H2,(H,19,20,21). The zero-order valence-corrected chi connectivity index (χ0v) is 15.3. The Kier molecular flexibility index (Phi) is 4.78. The van der Waals surface area contributed by atoms with Crippen molar-refractivity contribution in [1.29, 1.82) is 0 Å². The Morgan fingerprint density at radius 1 is 1.24 bits per heavy atom. The predicted octanol–water partition coefficient (Wildman–Crippen LogP) is 4.39. The maximum Gasteiger partial charge on any atom is 0.264 e. The van der Waals surface area contributed by atoms with Gasteiger partial charge in [0.25, 0.3) is 5.56 Å². The molecule has 110 valence electrons. The van der Waals surface area contributed by atoms with Crippen LogP contribution in [-0.2, 0) is 6.42 Å². The fourth-order valence-electron chi connectivity index (χ4n) is 2.87. The van der Waals surface area contributed by atoms with Crippen molar-refractivity contribution < 1.29 is 0 Å². The molecule has 1 N–H and O–H groups in total. The van der Waals surface area contributed by atoms with E-state index >= 15 is 0 Å². The lowest BCUT2D eigenvalue weighted by Crippen LogP contribution is -2.19. The number of nitrogens with zero attached hydrogens (tertiary/aromatic N) is 1. The molecule has 3 rings (SSSR count). The molecule has 3 nitrogen and oxygen atoms in total. The molecule has 5 heteroatoms. The Hall–Kier alpha value is -0.690. The molecule has 1 heterocycles. The third-order valence-electron chi connectivity index (χ3n) is 3.96. The lowest BCUT2D eigenvalue weighted by atomic mass is 10.0. The summed E-state index contributed by atoms with van der Waals surface area (Å²) in [6.07, 6.45) is 5.47. The smallest absolute Gasteiger partial charge is 0.264 e. The first-order valence-corrected chi connectivity index (χ1v) is 9.03. The highest BCUT2D eigenvalue weighted by molar-refractivity contribution is 14.1. The summed E-state index contributed by atoms with van der Waals surface area (Å²) in [6, 6.07) is 8.13. The molecule has 1 fully saturated rings. The second-order valence-corrected chi connectivity index (χ2v) is 7.49.